The van der Waals surface area contributed by atoms with Crippen molar-refractivity contribution in [1.82, 2.24) is 10.2 Å². The molecule has 2 aromatic heterocycles. The summed E-state index contributed by atoms with van der Waals surface area (Å²) >= 11 is 2.58. The third-order valence-electron chi connectivity index (χ3n) is 3.65. The molecule has 0 unspecified atom stereocenters. The minimum absolute atomic E-state index is 0.157. The van der Waals surface area contributed by atoms with Gasteiger partial charge in [-0.15, -0.1) is 21.5 Å². The van der Waals surface area contributed by atoms with Crippen molar-refractivity contribution in [2.24, 2.45) is 0 Å². The number of ether oxygens (including phenoxy) is 2. The second-order valence-electron chi connectivity index (χ2n) is 5.59. The number of hydrogen-bond donors (Lipinski definition) is 2. The maximum Gasteiger partial charge on any atom is 0.266 e. The van der Waals surface area contributed by atoms with Crippen molar-refractivity contribution in [1.29, 1.82) is 0 Å². The summed E-state index contributed by atoms with van der Waals surface area (Å²) in [7, 11) is 3.08. The van der Waals surface area contributed by atoms with Gasteiger partial charge in [-0.25, -0.2) is 0 Å². The smallest absolute Gasteiger partial charge is 0.266 e. The number of benzene rings is 1. The number of nitrogens with one attached hydrogen (secondary N) is 2. The Morgan fingerprint density at radius 3 is 2.52 bits per heavy atom. The minimum atomic E-state index is -0.232. The number of thiophene rings is 1. The zero-order valence-corrected chi connectivity index (χ0v) is 17.3. The predicted octanol–water partition coefficient (Wildman–Crippen LogP) is 3.54. The highest BCUT2D eigenvalue weighted by atomic mass is 32.2. The molecule has 29 heavy (non-hydrogen) atoms. The van der Waals surface area contributed by atoms with Gasteiger partial charge >= 0.3 is 0 Å². The number of amides is 2. The monoisotopic (exact) mass is 430 g/mol. The van der Waals surface area contributed by atoms with Crippen molar-refractivity contribution in [3.63, 3.8) is 0 Å². The number of methoxy groups -OCH3 is 2. The van der Waals surface area contributed by atoms with E-state index in [1.165, 1.54) is 30.2 Å². The van der Waals surface area contributed by atoms with Crippen LogP contribution in [0.25, 0.3) is 0 Å². The average molecular weight is 431 g/mol. The molecule has 2 amide bonds. The molecule has 8 nitrogen and oxygen atoms in total. The summed E-state index contributed by atoms with van der Waals surface area (Å²) in [6.45, 7) is 0. The van der Waals surface area contributed by atoms with E-state index in [4.69, 9.17) is 9.47 Å². The first-order valence-corrected chi connectivity index (χ1v) is 10.3. The molecule has 3 rings (SSSR count). The average Bonchev–Trinajstić information content (AvgIpc) is 3.28. The van der Waals surface area contributed by atoms with Crippen LogP contribution in [0.2, 0.25) is 0 Å². The molecule has 0 radical (unpaired) electrons. The zero-order valence-electron chi connectivity index (χ0n) is 15.7. The van der Waals surface area contributed by atoms with E-state index in [-0.39, 0.29) is 17.6 Å². The van der Waals surface area contributed by atoms with Crippen molar-refractivity contribution in [2.75, 3.05) is 30.6 Å². The zero-order chi connectivity index (χ0) is 20.6. The second kappa shape index (κ2) is 9.89. The lowest BCUT2D eigenvalue weighted by molar-refractivity contribution is -0.113. The number of carbonyl (C=O) groups is 2. The van der Waals surface area contributed by atoms with Gasteiger partial charge in [0, 0.05) is 11.8 Å². The molecule has 0 atom stereocenters. The maximum atomic E-state index is 12.2. The molecular formula is C19H18N4O4S2. The molecule has 10 heteroatoms. The molecule has 0 saturated heterocycles. The first-order valence-electron chi connectivity index (χ1n) is 8.42. The van der Waals surface area contributed by atoms with Gasteiger partial charge in [0.2, 0.25) is 5.91 Å². The van der Waals surface area contributed by atoms with Crippen LogP contribution in [0.4, 0.5) is 11.5 Å². The number of aromatic nitrogens is 2. The highest BCUT2D eigenvalue weighted by Crippen LogP contribution is 2.29. The van der Waals surface area contributed by atoms with Crippen molar-refractivity contribution in [3.05, 3.63) is 52.7 Å². The van der Waals surface area contributed by atoms with Crippen LogP contribution in [0.5, 0.6) is 11.5 Å². The van der Waals surface area contributed by atoms with E-state index in [1.807, 2.05) is 5.38 Å². The minimum Gasteiger partial charge on any atom is -0.493 e. The largest absolute Gasteiger partial charge is 0.493 e. The van der Waals surface area contributed by atoms with Gasteiger partial charge < -0.3 is 20.1 Å². The van der Waals surface area contributed by atoms with E-state index in [0.717, 1.165) is 0 Å². The number of carbonyl (C=O) groups excluding carboxylic acids is 2. The van der Waals surface area contributed by atoms with Gasteiger partial charge in [0.1, 0.15) is 5.03 Å². The standard InChI is InChI=1S/C19H18N4O4S2/c1-26-13-6-5-12(10-14(13)27-2)20-17(24)11-29-18-8-7-16(22-23-18)21-19(25)15-4-3-9-28-15/h3-10H,11H2,1-2H3,(H,20,24)(H,21,22,25). The third-order valence-corrected chi connectivity index (χ3v) is 5.43. The van der Waals surface area contributed by atoms with E-state index in [1.54, 1.807) is 49.6 Å². The molecule has 0 saturated carbocycles. The summed E-state index contributed by atoms with van der Waals surface area (Å²) in [4.78, 5) is 24.8. The topological polar surface area (TPSA) is 102 Å². The Balaban J connectivity index is 1.50. The SMILES string of the molecule is COc1ccc(NC(=O)CSc2ccc(NC(=O)c3cccs3)nn2)cc1OC. The quantitative estimate of drug-likeness (QED) is 0.527. The van der Waals surface area contributed by atoms with Crippen LogP contribution in [-0.4, -0.2) is 42.0 Å². The van der Waals surface area contributed by atoms with Crippen LogP contribution in [0.1, 0.15) is 9.67 Å². The first kappa shape index (κ1) is 20.6. The van der Waals surface area contributed by atoms with Crippen LogP contribution in [0, 0.1) is 0 Å². The van der Waals surface area contributed by atoms with Crippen LogP contribution in [0.15, 0.2) is 52.9 Å². The Bertz CT molecular complexity index is 978. The maximum absolute atomic E-state index is 12.2. The van der Waals surface area contributed by atoms with Crippen LogP contribution in [0.3, 0.4) is 0 Å². The summed E-state index contributed by atoms with van der Waals surface area (Å²) < 4.78 is 10.4. The predicted molar refractivity (Wildman–Crippen MR) is 113 cm³/mol. The fourth-order valence-electron chi connectivity index (χ4n) is 2.30. The number of rotatable bonds is 8. The van der Waals surface area contributed by atoms with Crippen LogP contribution >= 0.6 is 23.1 Å². The van der Waals surface area contributed by atoms with E-state index >= 15 is 0 Å². The van der Waals surface area contributed by atoms with Crippen molar-refractivity contribution >= 4 is 46.4 Å². The summed E-state index contributed by atoms with van der Waals surface area (Å²) in [6, 6.07) is 12.0. The lowest BCUT2D eigenvalue weighted by Crippen LogP contribution is -2.14. The molecule has 0 bridgehead atoms. The number of thioether (sulfide) groups is 1. The molecule has 150 valence electrons. The summed E-state index contributed by atoms with van der Waals surface area (Å²) in [5, 5.41) is 15.9. The highest BCUT2D eigenvalue weighted by Gasteiger charge is 2.10. The number of hydrogen-bond acceptors (Lipinski definition) is 8. The van der Waals surface area contributed by atoms with Crippen molar-refractivity contribution in [2.45, 2.75) is 5.03 Å². The highest BCUT2D eigenvalue weighted by molar-refractivity contribution is 7.99. The fraction of sp³-hybridized carbons (Fsp3) is 0.158. The normalized spacial score (nSPS) is 10.3. The molecular weight excluding hydrogens is 412 g/mol. The Morgan fingerprint density at radius 1 is 1.03 bits per heavy atom. The van der Waals surface area contributed by atoms with E-state index < -0.39 is 0 Å². The first-order chi connectivity index (χ1) is 14.1. The molecule has 0 aliphatic rings. The van der Waals surface area contributed by atoms with Crippen molar-refractivity contribution < 1.29 is 19.1 Å². The van der Waals surface area contributed by atoms with Gasteiger partial charge in [0.05, 0.1) is 24.8 Å². The van der Waals surface area contributed by atoms with Gasteiger partial charge in [-0.3, -0.25) is 9.59 Å². The Hall–Kier alpha value is -3.11. The van der Waals surface area contributed by atoms with Gasteiger partial charge in [-0.2, -0.15) is 0 Å². The van der Waals surface area contributed by atoms with E-state index in [2.05, 4.69) is 20.8 Å². The van der Waals surface area contributed by atoms with E-state index in [0.29, 0.717) is 32.9 Å². The summed E-state index contributed by atoms with van der Waals surface area (Å²) in [5.41, 5.74) is 0.603. The lowest BCUT2D eigenvalue weighted by atomic mass is 10.2. The lowest BCUT2D eigenvalue weighted by Gasteiger charge is -2.10. The molecule has 0 fully saturated rings. The Kier molecular flexibility index (Phi) is 7.04. The summed E-state index contributed by atoms with van der Waals surface area (Å²) in [6.07, 6.45) is 0. The number of nitrogens with zero attached hydrogens (tertiary/aromatic N) is 2. The van der Waals surface area contributed by atoms with Gasteiger partial charge in [-0.1, -0.05) is 17.8 Å². The fourth-order valence-corrected chi connectivity index (χ4v) is 3.53. The molecule has 2 N–H and O–H groups in total. The third kappa shape index (κ3) is 5.69. The van der Waals surface area contributed by atoms with Gasteiger partial charge in [0.25, 0.3) is 5.91 Å². The van der Waals surface area contributed by atoms with Crippen LogP contribution < -0.4 is 20.1 Å². The van der Waals surface area contributed by atoms with Crippen LogP contribution in [-0.2, 0) is 4.79 Å². The van der Waals surface area contributed by atoms with Gasteiger partial charge in [-0.05, 0) is 35.7 Å². The van der Waals surface area contributed by atoms with Crippen molar-refractivity contribution in [3.8, 4) is 11.5 Å². The molecule has 0 aliphatic carbocycles. The second-order valence-corrected chi connectivity index (χ2v) is 7.54. The molecule has 0 spiro atoms. The molecule has 2 heterocycles. The Labute approximate surface area is 175 Å². The molecule has 1 aromatic carbocycles. The van der Waals surface area contributed by atoms with Gasteiger partial charge in [0.15, 0.2) is 17.3 Å². The molecule has 0 aliphatic heterocycles. The number of anilines is 2. The summed E-state index contributed by atoms with van der Waals surface area (Å²) in [5.74, 6) is 1.19. The van der Waals surface area contributed by atoms with E-state index in [9.17, 15) is 9.59 Å². The molecule has 3 aromatic rings. The Morgan fingerprint density at radius 2 is 1.86 bits per heavy atom.